The second kappa shape index (κ2) is 13.7. The van der Waals surface area contributed by atoms with Gasteiger partial charge in [-0.25, -0.2) is 18.0 Å². The van der Waals surface area contributed by atoms with E-state index < -0.39 is 28.9 Å². The molecule has 0 aliphatic carbocycles. The standard InChI is InChI=1S/C39H43ClF3N5O5/c1-38(2,3)53-37(49)48-24-9-10-25(48)19-46(18-24)35-28-15-29(40)32(27-14-26(52-21-50-4)13-22-7-5-8-30(42)31(22)27)33(43)34(28)44-36(45-35)51-20-39-11-6-12-47(39)17-23(41)16-39/h5,7-8,13-15,23-25H,6,9-12,16-21H2,1-4H3/t23-,24?,25?,39-/m1/s1. The maximum absolute atomic E-state index is 17.3. The number of piperazine rings is 1. The van der Waals surface area contributed by atoms with Gasteiger partial charge in [-0.2, -0.15) is 9.97 Å². The Morgan fingerprint density at radius 2 is 1.83 bits per heavy atom. The van der Waals surface area contributed by atoms with E-state index in [0.29, 0.717) is 48.4 Å². The number of alkyl halides is 1. The minimum absolute atomic E-state index is 0.0257. The van der Waals surface area contributed by atoms with Crippen LogP contribution in [0.3, 0.4) is 0 Å². The van der Waals surface area contributed by atoms with Gasteiger partial charge in [0.2, 0.25) is 0 Å². The van der Waals surface area contributed by atoms with Crippen LogP contribution >= 0.6 is 11.6 Å². The average Bonchev–Trinajstić information content (AvgIpc) is 3.72. The number of halogens is 4. The Labute approximate surface area is 311 Å². The van der Waals surface area contributed by atoms with Crippen molar-refractivity contribution in [3.8, 4) is 22.9 Å². The van der Waals surface area contributed by atoms with Crippen molar-refractivity contribution in [2.75, 3.05) is 51.6 Å². The first-order valence-corrected chi connectivity index (χ1v) is 18.5. The Balaban J connectivity index is 1.24. The molecule has 2 bridgehead atoms. The Bertz CT molecular complexity index is 2070. The molecule has 0 saturated carbocycles. The summed E-state index contributed by atoms with van der Waals surface area (Å²) >= 11 is 6.98. The van der Waals surface area contributed by atoms with Gasteiger partial charge in [0, 0.05) is 55.1 Å². The van der Waals surface area contributed by atoms with Gasteiger partial charge < -0.3 is 23.8 Å². The van der Waals surface area contributed by atoms with Gasteiger partial charge in [-0.3, -0.25) is 9.80 Å². The number of aromatic nitrogens is 2. The van der Waals surface area contributed by atoms with Crippen molar-refractivity contribution in [3.63, 3.8) is 0 Å². The SMILES string of the molecule is COCOc1cc(-c2c(Cl)cc3c(N4CC5CCC(C4)N5C(=O)OC(C)(C)C)nc(OC[C@]45CCCN4C[C@H](F)C5)nc3c2F)c2c(F)cccc2c1. The second-order valence-electron chi connectivity index (χ2n) is 15.7. The predicted octanol–water partition coefficient (Wildman–Crippen LogP) is 7.91. The number of benzene rings is 3. The minimum atomic E-state index is -0.954. The van der Waals surface area contributed by atoms with E-state index in [1.165, 1.54) is 19.2 Å². The van der Waals surface area contributed by atoms with E-state index >= 15 is 8.78 Å². The average molecular weight is 754 g/mol. The fourth-order valence-corrected chi connectivity index (χ4v) is 9.10. The zero-order valence-electron chi connectivity index (χ0n) is 30.3. The summed E-state index contributed by atoms with van der Waals surface area (Å²) < 4.78 is 70.4. The zero-order chi connectivity index (χ0) is 37.2. The van der Waals surface area contributed by atoms with E-state index in [-0.39, 0.29) is 64.6 Å². The molecule has 4 saturated heterocycles. The minimum Gasteiger partial charge on any atom is -0.468 e. The molecule has 4 aromatic rings. The molecule has 282 valence electrons. The molecule has 2 unspecified atom stereocenters. The van der Waals surface area contributed by atoms with E-state index in [0.717, 1.165) is 32.2 Å². The fraction of sp³-hybridized carbons (Fsp3) is 0.513. The number of nitrogens with zero attached hydrogens (tertiary/aromatic N) is 5. The van der Waals surface area contributed by atoms with E-state index in [1.54, 1.807) is 24.3 Å². The summed E-state index contributed by atoms with van der Waals surface area (Å²) in [5.41, 5.74) is -1.07. The number of rotatable bonds is 8. The van der Waals surface area contributed by atoms with Crippen LogP contribution in [0.2, 0.25) is 5.02 Å². The highest BCUT2D eigenvalue weighted by Crippen LogP contribution is 2.45. The maximum Gasteiger partial charge on any atom is 0.410 e. The van der Waals surface area contributed by atoms with E-state index in [4.69, 9.17) is 35.5 Å². The molecule has 0 N–H and O–H groups in total. The van der Waals surface area contributed by atoms with E-state index in [2.05, 4.69) is 9.88 Å². The van der Waals surface area contributed by atoms with E-state index in [9.17, 15) is 9.18 Å². The topological polar surface area (TPSA) is 89.5 Å². The lowest BCUT2D eigenvalue weighted by molar-refractivity contribution is 0.0122. The van der Waals surface area contributed by atoms with Crippen LogP contribution in [-0.2, 0) is 9.47 Å². The van der Waals surface area contributed by atoms with Gasteiger partial charge in [0.15, 0.2) is 12.6 Å². The lowest BCUT2D eigenvalue weighted by Gasteiger charge is -2.42. The van der Waals surface area contributed by atoms with Crippen molar-refractivity contribution in [3.05, 3.63) is 53.1 Å². The summed E-state index contributed by atoms with van der Waals surface area (Å²) in [4.78, 5) is 28.7. The number of ether oxygens (including phenoxy) is 4. The van der Waals surface area contributed by atoms with Crippen LogP contribution in [0.5, 0.6) is 11.8 Å². The molecule has 4 atom stereocenters. The molecule has 0 spiro atoms. The molecular formula is C39H43ClF3N5O5. The van der Waals surface area contributed by atoms with Gasteiger partial charge in [-0.1, -0.05) is 23.7 Å². The number of methoxy groups -OCH3 is 1. The number of anilines is 1. The van der Waals surface area contributed by atoms with Crippen molar-refractivity contribution in [2.45, 2.75) is 82.3 Å². The molecule has 14 heteroatoms. The summed E-state index contributed by atoms with van der Waals surface area (Å²) in [6.45, 7) is 7.56. The van der Waals surface area contributed by atoms with Gasteiger partial charge in [0.1, 0.15) is 41.3 Å². The van der Waals surface area contributed by atoms with E-state index in [1.807, 2.05) is 30.6 Å². The van der Waals surface area contributed by atoms with Crippen molar-refractivity contribution in [1.29, 1.82) is 0 Å². The third kappa shape index (κ3) is 6.58. The number of amides is 1. The lowest BCUT2D eigenvalue weighted by Crippen LogP contribution is -2.57. The zero-order valence-corrected chi connectivity index (χ0v) is 31.0. The van der Waals surface area contributed by atoms with Gasteiger partial charge in [0.25, 0.3) is 0 Å². The third-order valence-electron chi connectivity index (χ3n) is 11.0. The molecule has 10 nitrogen and oxygen atoms in total. The van der Waals surface area contributed by atoms with Crippen molar-refractivity contribution in [1.82, 2.24) is 19.8 Å². The Morgan fingerprint density at radius 1 is 1.06 bits per heavy atom. The number of fused-ring (bicyclic) bond motifs is 5. The Morgan fingerprint density at radius 3 is 2.57 bits per heavy atom. The Kier molecular flexibility index (Phi) is 9.26. The Hall–Kier alpha value is -4.07. The first-order valence-electron chi connectivity index (χ1n) is 18.2. The number of carbonyl (C=O) groups excluding carboxylic acids is 1. The monoisotopic (exact) mass is 753 g/mol. The molecular weight excluding hydrogens is 711 g/mol. The number of hydrogen-bond donors (Lipinski definition) is 0. The molecule has 53 heavy (non-hydrogen) atoms. The van der Waals surface area contributed by atoms with Crippen LogP contribution in [0.15, 0.2) is 36.4 Å². The summed E-state index contributed by atoms with van der Waals surface area (Å²) in [5, 5.41) is 1.02. The third-order valence-corrected chi connectivity index (χ3v) is 11.3. The van der Waals surface area contributed by atoms with Gasteiger partial charge in [-0.05, 0) is 82.7 Å². The van der Waals surface area contributed by atoms with Crippen molar-refractivity contribution < 1.29 is 36.9 Å². The highest BCUT2D eigenvalue weighted by molar-refractivity contribution is 6.35. The first kappa shape index (κ1) is 35.9. The molecule has 4 fully saturated rings. The van der Waals surface area contributed by atoms with Gasteiger partial charge >= 0.3 is 12.1 Å². The molecule has 5 heterocycles. The number of carbonyl (C=O) groups is 1. The summed E-state index contributed by atoms with van der Waals surface area (Å²) in [6, 6.07) is 9.01. The largest absolute Gasteiger partial charge is 0.468 e. The summed E-state index contributed by atoms with van der Waals surface area (Å²) in [6.07, 6.45) is 2.28. The molecule has 1 aromatic heterocycles. The molecule has 8 rings (SSSR count). The second-order valence-corrected chi connectivity index (χ2v) is 16.1. The highest BCUT2D eigenvalue weighted by atomic mass is 35.5. The lowest BCUT2D eigenvalue weighted by atomic mass is 9.95. The molecule has 3 aromatic carbocycles. The predicted molar refractivity (Wildman–Crippen MR) is 196 cm³/mol. The smallest absolute Gasteiger partial charge is 0.410 e. The normalized spacial score (nSPS) is 24.3. The molecule has 0 radical (unpaired) electrons. The quantitative estimate of drug-likeness (QED) is 0.167. The summed E-state index contributed by atoms with van der Waals surface area (Å²) in [7, 11) is 1.48. The number of hydrogen-bond acceptors (Lipinski definition) is 9. The van der Waals surface area contributed by atoms with Crippen molar-refractivity contribution in [2.24, 2.45) is 0 Å². The maximum atomic E-state index is 17.3. The van der Waals surface area contributed by atoms with Crippen LogP contribution in [0.25, 0.3) is 32.8 Å². The summed E-state index contributed by atoms with van der Waals surface area (Å²) in [5.74, 6) is -0.596. The van der Waals surface area contributed by atoms with Crippen molar-refractivity contribution >= 4 is 45.2 Å². The fourth-order valence-electron chi connectivity index (χ4n) is 8.81. The highest BCUT2D eigenvalue weighted by Gasteiger charge is 2.50. The van der Waals surface area contributed by atoms with Crippen LogP contribution in [0.4, 0.5) is 23.8 Å². The molecule has 4 aliphatic rings. The van der Waals surface area contributed by atoms with Gasteiger partial charge in [-0.15, -0.1) is 0 Å². The van der Waals surface area contributed by atoms with Gasteiger partial charge in [0.05, 0.1) is 22.6 Å². The van der Waals surface area contributed by atoms with Crippen LogP contribution in [0, 0.1) is 11.6 Å². The first-order chi connectivity index (χ1) is 25.3. The molecule has 4 aliphatic heterocycles. The van der Waals surface area contributed by atoms with Crippen LogP contribution in [0.1, 0.15) is 52.9 Å². The van der Waals surface area contributed by atoms with Crippen LogP contribution < -0.4 is 14.4 Å². The molecule has 1 amide bonds. The van der Waals surface area contributed by atoms with Crippen LogP contribution in [-0.4, -0.2) is 102 Å².